The maximum absolute atomic E-state index is 5.65. The molecule has 2 N–H and O–H groups in total. The highest BCUT2D eigenvalue weighted by Crippen LogP contribution is 2.28. The molecule has 0 radical (unpaired) electrons. The predicted octanol–water partition coefficient (Wildman–Crippen LogP) is 4.21. The summed E-state index contributed by atoms with van der Waals surface area (Å²) >= 11 is 1.76. The predicted molar refractivity (Wildman–Crippen MR) is 81.6 cm³/mol. The largest absolute Gasteiger partial charge is 0.402 e. The molecule has 0 aliphatic heterocycles. The lowest BCUT2D eigenvalue weighted by atomic mass is 9.95. The highest BCUT2D eigenvalue weighted by molar-refractivity contribution is 7.12. The van der Waals surface area contributed by atoms with Crippen molar-refractivity contribution in [3.8, 4) is 11.8 Å². The van der Waals surface area contributed by atoms with Crippen LogP contribution in [0.15, 0.2) is 35.6 Å². The molecule has 0 fully saturated rings. The second-order valence-corrected chi connectivity index (χ2v) is 6.38. The van der Waals surface area contributed by atoms with Crippen molar-refractivity contribution >= 4 is 11.3 Å². The third-order valence-electron chi connectivity index (χ3n) is 2.37. The van der Waals surface area contributed by atoms with E-state index in [1.165, 1.54) is 4.88 Å². The molecule has 96 valence electrons. The Bertz CT molecular complexity index is 523. The molecule has 1 rings (SSSR count). The van der Waals surface area contributed by atoms with E-state index in [1.807, 2.05) is 26.0 Å². The summed E-state index contributed by atoms with van der Waals surface area (Å²) in [7, 11) is 0. The lowest BCUT2D eigenvalue weighted by Crippen LogP contribution is -2.07. The van der Waals surface area contributed by atoms with Gasteiger partial charge >= 0.3 is 0 Å². The van der Waals surface area contributed by atoms with Gasteiger partial charge in [-0.3, -0.25) is 0 Å². The van der Waals surface area contributed by atoms with Crippen LogP contribution in [-0.2, 0) is 5.41 Å². The monoisotopic (exact) mass is 259 g/mol. The lowest BCUT2D eigenvalue weighted by Gasteiger charge is -2.14. The summed E-state index contributed by atoms with van der Waals surface area (Å²) in [4.78, 5) is 2.46. The minimum atomic E-state index is 0.196. The van der Waals surface area contributed by atoms with Gasteiger partial charge in [-0.2, -0.15) is 0 Å². The molecule has 0 bridgehead atoms. The Balaban J connectivity index is 2.93. The van der Waals surface area contributed by atoms with E-state index in [4.69, 9.17) is 5.73 Å². The Labute approximate surface area is 114 Å². The maximum atomic E-state index is 5.65. The first-order valence-corrected chi connectivity index (χ1v) is 6.87. The molecule has 0 unspecified atom stereocenters. The second kappa shape index (κ2) is 5.93. The van der Waals surface area contributed by atoms with Crippen molar-refractivity contribution in [3.05, 3.63) is 45.3 Å². The standard InChI is InChI=1S/C16H21NS/c1-6-13(11-12(2)17)7-8-14-9-10-15(18-14)16(3,4)5/h6,9-11H,17H2,1-5H3/b12-11-,13-6-. The zero-order chi connectivity index (χ0) is 13.8. The topological polar surface area (TPSA) is 26.0 Å². The third kappa shape index (κ3) is 4.43. The molecule has 1 heterocycles. The van der Waals surface area contributed by atoms with Crippen LogP contribution < -0.4 is 5.73 Å². The fourth-order valence-electron chi connectivity index (χ4n) is 1.38. The molecule has 0 aromatic carbocycles. The summed E-state index contributed by atoms with van der Waals surface area (Å²) in [5.41, 5.74) is 7.59. The fraction of sp³-hybridized carbons (Fsp3) is 0.375. The van der Waals surface area contributed by atoms with Gasteiger partial charge in [-0.15, -0.1) is 11.3 Å². The summed E-state index contributed by atoms with van der Waals surface area (Å²) in [6.07, 6.45) is 3.87. The summed E-state index contributed by atoms with van der Waals surface area (Å²) in [6.45, 7) is 10.5. The van der Waals surface area contributed by atoms with E-state index in [9.17, 15) is 0 Å². The average Bonchev–Trinajstić information content (AvgIpc) is 2.71. The molecule has 1 nitrogen and oxygen atoms in total. The number of nitrogens with two attached hydrogens (primary N) is 1. The number of hydrogen-bond donors (Lipinski definition) is 1. The smallest absolute Gasteiger partial charge is 0.0775 e. The van der Waals surface area contributed by atoms with Crippen molar-refractivity contribution in [2.75, 3.05) is 0 Å². The Morgan fingerprint density at radius 3 is 2.44 bits per heavy atom. The van der Waals surface area contributed by atoms with Gasteiger partial charge in [0.15, 0.2) is 0 Å². The molecule has 2 heteroatoms. The minimum Gasteiger partial charge on any atom is -0.402 e. The van der Waals surface area contributed by atoms with Gasteiger partial charge in [0, 0.05) is 16.1 Å². The van der Waals surface area contributed by atoms with Gasteiger partial charge < -0.3 is 5.73 Å². The van der Waals surface area contributed by atoms with Crippen LogP contribution >= 0.6 is 11.3 Å². The van der Waals surface area contributed by atoms with Crippen molar-refractivity contribution in [1.82, 2.24) is 0 Å². The van der Waals surface area contributed by atoms with Crippen molar-refractivity contribution < 1.29 is 0 Å². The van der Waals surface area contributed by atoms with E-state index in [0.29, 0.717) is 0 Å². The molecular formula is C16H21NS. The van der Waals surface area contributed by atoms with Gasteiger partial charge in [0.1, 0.15) is 0 Å². The molecule has 0 amide bonds. The highest BCUT2D eigenvalue weighted by Gasteiger charge is 2.15. The van der Waals surface area contributed by atoms with E-state index < -0.39 is 0 Å². The maximum Gasteiger partial charge on any atom is 0.0775 e. The van der Waals surface area contributed by atoms with E-state index >= 15 is 0 Å². The summed E-state index contributed by atoms with van der Waals surface area (Å²) < 4.78 is 0. The molecule has 0 saturated carbocycles. The second-order valence-electron chi connectivity index (χ2n) is 5.30. The Kier molecular flexibility index (Phi) is 4.81. The molecule has 1 aromatic heterocycles. The van der Waals surface area contributed by atoms with Crippen LogP contribution in [0.3, 0.4) is 0 Å². The fourth-order valence-corrected chi connectivity index (χ4v) is 2.30. The van der Waals surface area contributed by atoms with E-state index in [-0.39, 0.29) is 5.41 Å². The van der Waals surface area contributed by atoms with E-state index in [1.54, 1.807) is 11.3 Å². The SMILES string of the molecule is C/C=C(C#Cc1ccc(C(C)(C)C)s1)\C=C(\C)N. The van der Waals surface area contributed by atoms with Crippen molar-refractivity contribution in [1.29, 1.82) is 0 Å². The number of allylic oxidation sites excluding steroid dienone is 4. The lowest BCUT2D eigenvalue weighted by molar-refractivity contribution is 0.604. The normalized spacial score (nSPS) is 13.2. The summed E-state index contributed by atoms with van der Waals surface area (Å²) in [5, 5.41) is 0. The number of hydrogen-bond acceptors (Lipinski definition) is 2. The summed E-state index contributed by atoms with van der Waals surface area (Å²) in [5.74, 6) is 6.34. The van der Waals surface area contributed by atoms with Gasteiger partial charge in [-0.25, -0.2) is 0 Å². The van der Waals surface area contributed by atoms with Crippen molar-refractivity contribution in [3.63, 3.8) is 0 Å². The Hall–Kier alpha value is -1.46. The Morgan fingerprint density at radius 1 is 1.33 bits per heavy atom. The van der Waals surface area contributed by atoms with Crippen LogP contribution in [-0.4, -0.2) is 0 Å². The van der Waals surface area contributed by atoms with Gasteiger partial charge in [-0.05, 0) is 37.5 Å². The summed E-state index contributed by atoms with van der Waals surface area (Å²) in [6, 6.07) is 4.25. The molecule has 0 aliphatic carbocycles. The van der Waals surface area contributed by atoms with Crippen LogP contribution in [0.5, 0.6) is 0 Å². The number of thiophene rings is 1. The first-order chi connectivity index (χ1) is 8.32. The minimum absolute atomic E-state index is 0.196. The first kappa shape index (κ1) is 14.6. The molecule has 0 atom stereocenters. The Morgan fingerprint density at radius 2 is 2.00 bits per heavy atom. The molecule has 1 aromatic rings. The van der Waals surface area contributed by atoms with E-state index in [0.717, 1.165) is 16.1 Å². The quantitative estimate of drug-likeness (QED) is 0.593. The highest BCUT2D eigenvalue weighted by atomic mass is 32.1. The average molecular weight is 259 g/mol. The van der Waals surface area contributed by atoms with Gasteiger partial charge in [-0.1, -0.05) is 38.7 Å². The van der Waals surface area contributed by atoms with Crippen LogP contribution in [0.1, 0.15) is 44.4 Å². The van der Waals surface area contributed by atoms with Gasteiger partial charge in [0.25, 0.3) is 0 Å². The van der Waals surface area contributed by atoms with Crippen LogP contribution in [0.4, 0.5) is 0 Å². The van der Waals surface area contributed by atoms with Crippen molar-refractivity contribution in [2.45, 2.75) is 40.0 Å². The first-order valence-electron chi connectivity index (χ1n) is 6.05. The number of rotatable bonds is 1. The molecule has 0 saturated heterocycles. The van der Waals surface area contributed by atoms with E-state index in [2.05, 4.69) is 44.7 Å². The molecular weight excluding hydrogens is 238 g/mol. The molecule has 0 aliphatic rings. The van der Waals surface area contributed by atoms with Crippen LogP contribution in [0.25, 0.3) is 0 Å². The zero-order valence-corrected chi connectivity index (χ0v) is 12.6. The molecule has 18 heavy (non-hydrogen) atoms. The van der Waals surface area contributed by atoms with Gasteiger partial charge in [0.05, 0.1) is 4.88 Å². The van der Waals surface area contributed by atoms with Crippen LogP contribution in [0, 0.1) is 11.8 Å². The third-order valence-corrected chi connectivity index (χ3v) is 3.80. The van der Waals surface area contributed by atoms with Crippen molar-refractivity contribution in [2.24, 2.45) is 5.73 Å². The molecule has 0 spiro atoms. The van der Waals surface area contributed by atoms with Crippen LogP contribution in [0.2, 0.25) is 0 Å². The zero-order valence-electron chi connectivity index (χ0n) is 11.8. The van der Waals surface area contributed by atoms with Gasteiger partial charge in [0.2, 0.25) is 0 Å².